The fourth-order valence-electron chi connectivity index (χ4n) is 2.99. The lowest BCUT2D eigenvalue weighted by atomic mass is 10.0. The second kappa shape index (κ2) is 8.40. The summed E-state index contributed by atoms with van der Waals surface area (Å²) in [6, 6.07) is 6.16. The highest BCUT2D eigenvalue weighted by Crippen LogP contribution is 2.24. The molecule has 0 aliphatic carbocycles. The lowest BCUT2D eigenvalue weighted by molar-refractivity contribution is -0.152. The van der Waals surface area contributed by atoms with Gasteiger partial charge in [-0.15, -0.1) is 11.3 Å². The molecule has 0 spiro atoms. The predicted molar refractivity (Wildman–Crippen MR) is 97.1 cm³/mol. The summed E-state index contributed by atoms with van der Waals surface area (Å²) in [7, 11) is 0. The van der Waals surface area contributed by atoms with Crippen LogP contribution in [0.25, 0.3) is 10.6 Å². The van der Waals surface area contributed by atoms with Crippen LogP contribution >= 0.6 is 11.3 Å². The van der Waals surface area contributed by atoms with Gasteiger partial charge in [0.25, 0.3) is 5.91 Å². The summed E-state index contributed by atoms with van der Waals surface area (Å²) in [6.45, 7) is 3.33. The van der Waals surface area contributed by atoms with Crippen LogP contribution in [0.1, 0.15) is 25.5 Å². The van der Waals surface area contributed by atoms with Crippen LogP contribution in [-0.4, -0.2) is 41.5 Å². The molecule has 1 aromatic carbocycles. The smallest absolute Gasteiger partial charge is 0.312 e. The number of carbonyl (C=O) groups excluding carboxylic acids is 2. The Labute approximate surface area is 155 Å². The number of nitrogens with zero attached hydrogens (tertiary/aromatic N) is 2. The van der Waals surface area contributed by atoms with Crippen molar-refractivity contribution in [1.29, 1.82) is 0 Å². The van der Waals surface area contributed by atoms with Crippen molar-refractivity contribution < 1.29 is 18.7 Å². The van der Waals surface area contributed by atoms with Crippen molar-refractivity contribution in [3.05, 3.63) is 41.2 Å². The number of piperidine rings is 1. The first-order valence-electron chi connectivity index (χ1n) is 8.65. The number of ether oxygens (including phenoxy) is 1. The molecular weight excluding hydrogens is 355 g/mol. The van der Waals surface area contributed by atoms with Crippen molar-refractivity contribution in [2.75, 3.05) is 19.7 Å². The average Bonchev–Trinajstić information content (AvgIpc) is 3.08. The van der Waals surface area contributed by atoms with Gasteiger partial charge in [-0.3, -0.25) is 9.59 Å². The molecule has 0 saturated carbocycles. The number of likely N-dealkylation sites (tertiary alicyclic amines) is 1. The third kappa shape index (κ3) is 4.88. The Kier molecular flexibility index (Phi) is 5.98. The fourth-order valence-corrected chi connectivity index (χ4v) is 3.81. The number of thiazole rings is 1. The molecule has 1 amide bonds. The molecule has 1 unspecified atom stereocenters. The molecule has 2 aromatic rings. The van der Waals surface area contributed by atoms with Crippen LogP contribution in [0.5, 0.6) is 0 Å². The van der Waals surface area contributed by atoms with Crippen LogP contribution in [0.3, 0.4) is 0 Å². The summed E-state index contributed by atoms with van der Waals surface area (Å²) in [5.41, 5.74) is 1.22. The summed E-state index contributed by atoms with van der Waals surface area (Å²) >= 11 is 1.34. The Morgan fingerprint density at radius 1 is 1.42 bits per heavy atom. The topological polar surface area (TPSA) is 59.5 Å². The molecule has 0 radical (unpaired) electrons. The predicted octanol–water partition coefficient (Wildman–Crippen LogP) is 3.29. The molecule has 1 aliphatic heterocycles. The number of aromatic nitrogens is 1. The van der Waals surface area contributed by atoms with E-state index in [0.29, 0.717) is 22.2 Å². The van der Waals surface area contributed by atoms with Crippen molar-refractivity contribution in [1.82, 2.24) is 9.88 Å². The van der Waals surface area contributed by atoms with Gasteiger partial charge in [0.05, 0.1) is 12.1 Å². The zero-order valence-corrected chi connectivity index (χ0v) is 15.4. The number of halogens is 1. The van der Waals surface area contributed by atoms with Gasteiger partial charge in [0.1, 0.15) is 10.8 Å². The van der Waals surface area contributed by atoms with E-state index in [4.69, 9.17) is 4.74 Å². The largest absolute Gasteiger partial charge is 0.455 e. The monoisotopic (exact) mass is 376 g/mol. The first kappa shape index (κ1) is 18.5. The van der Waals surface area contributed by atoms with Crippen LogP contribution in [0, 0.1) is 11.7 Å². The number of hydrogen-bond acceptors (Lipinski definition) is 5. The number of benzene rings is 1. The van der Waals surface area contributed by atoms with Crippen molar-refractivity contribution in [3.8, 4) is 10.6 Å². The molecule has 2 heterocycles. The maximum atomic E-state index is 13.3. The van der Waals surface area contributed by atoms with E-state index in [1.807, 2.05) is 0 Å². The van der Waals surface area contributed by atoms with Gasteiger partial charge in [-0.1, -0.05) is 19.1 Å². The Hall–Kier alpha value is -2.28. The molecule has 1 aromatic heterocycles. The Morgan fingerprint density at radius 3 is 3.04 bits per heavy atom. The van der Waals surface area contributed by atoms with Gasteiger partial charge in [-0.25, -0.2) is 9.37 Å². The second-order valence-corrected chi connectivity index (χ2v) is 7.44. The third-order valence-corrected chi connectivity index (χ3v) is 5.26. The van der Waals surface area contributed by atoms with Crippen molar-refractivity contribution in [3.63, 3.8) is 0 Å². The van der Waals surface area contributed by atoms with E-state index in [1.54, 1.807) is 22.4 Å². The zero-order chi connectivity index (χ0) is 18.5. The van der Waals surface area contributed by atoms with E-state index < -0.39 is 5.97 Å². The quantitative estimate of drug-likeness (QED) is 0.752. The molecule has 0 N–H and O–H groups in total. The number of carbonyl (C=O) groups is 2. The maximum Gasteiger partial charge on any atom is 0.312 e. The fraction of sp³-hybridized carbons (Fsp3) is 0.421. The molecule has 1 atom stereocenters. The average molecular weight is 376 g/mol. The molecule has 7 heteroatoms. The van der Waals surface area contributed by atoms with Gasteiger partial charge >= 0.3 is 5.97 Å². The SMILES string of the molecule is CC1CCCN(C(=O)COC(=O)Cc2csc(-c3cccc(F)c3)n2)C1. The molecule has 5 nitrogen and oxygen atoms in total. The number of amides is 1. The molecule has 1 fully saturated rings. The highest BCUT2D eigenvalue weighted by Gasteiger charge is 2.22. The summed E-state index contributed by atoms with van der Waals surface area (Å²) in [4.78, 5) is 30.2. The first-order chi connectivity index (χ1) is 12.5. The molecule has 26 heavy (non-hydrogen) atoms. The van der Waals surface area contributed by atoms with Crippen molar-refractivity contribution in [2.45, 2.75) is 26.2 Å². The van der Waals surface area contributed by atoms with Crippen LogP contribution in [-0.2, 0) is 20.7 Å². The molecule has 1 saturated heterocycles. The highest BCUT2D eigenvalue weighted by molar-refractivity contribution is 7.13. The van der Waals surface area contributed by atoms with E-state index in [2.05, 4.69) is 11.9 Å². The Balaban J connectivity index is 1.50. The molecule has 0 bridgehead atoms. The lowest BCUT2D eigenvalue weighted by Crippen LogP contribution is -2.41. The third-order valence-electron chi connectivity index (χ3n) is 4.32. The number of rotatable bonds is 5. The van der Waals surface area contributed by atoms with E-state index >= 15 is 0 Å². The molecule has 138 valence electrons. The van der Waals surface area contributed by atoms with Gasteiger partial charge in [-0.2, -0.15) is 0 Å². The highest BCUT2D eigenvalue weighted by atomic mass is 32.1. The minimum Gasteiger partial charge on any atom is -0.455 e. The van der Waals surface area contributed by atoms with Crippen LogP contribution in [0.15, 0.2) is 29.6 Å². The lowest BCUT2D eigenvalue weighted by Gasteiger charge is -2.30. The van der Waals surface area contributed by atoms with Crippen molar-refractivity contribution in [2.24, 2.45) is 5.92 Å². The van der Waals surface area contributed by atoms with Crippen LogP contribution in [0.2, 0.25) is 0 Å². The van der Waals surface area contributed by atoms with Gasteiger partial charge in [0.15, 0.2) is 6.61 Å². The van der Waals surface area contributed by atoms with Crippen LogP contribution < -0.4 is 0 Å². The minimum absolute atomic E-state index is 0.00447. The maximum absolute atomic E-state index is 13.3. The first-order valence-corrected chi connectivity index (χ1v) is 9.53. The number of esters is 1. The number of hydrogen-bond donors (Lipinski definition) is 0. The normalized spacial score (nSPS) is 17.2. The Morgan fingerprint density at radius 2 is 2.27 bits per heavy atom. The van der Waals surface area contributed by atoms with E-state index in [1.165, 1.54) is 23.5 Å². The van der Waals surface area contributed by atoms with Gasteiger partial charge < -0.3 is 9.64 Å². The Bertz CT molecular complexity index is 793. The van der Waals surface area contributed by atoms with E-state index in [9.17, 15) is 14.0 Å². The second-order valence-electron chi connectivity index (χ2n) is 6.58. The van der Waals surface area contributed by atoms with Gasteiger partial charge in [0.2, 0.25) is 0 Å². The van der Waals surface area contributed by atoms with Gasteiger partial charge in [-0.05, 0) is 30.9 Å². The summed E-state index contributed by atoms with van der Waals surface area (Å²) < 4.78 is 18.4. The van der Waals surface area contributed by atoms with E-state index in [-0.39, 0.29) is 24.8 Å². The standard InChI is InChI=1S/C19H21FN2O3S/c1-13-4-3-7-22(10-13)17(23)11-25-18(24)9-16-12-26-19(21-16)14-5-2-6-15(20)8-14/h2,5-6,8,12-13H,3-4,7,9-11H2,1H3. The minimum atomic E-state index is -0.487. The summed E-state index contributed by atoms with van der Waals surface area (Å²) in [6.07, 6.45) is 2.11. The molecular formula is C19H21FN2O3S. The molecule has 1 aliphatic rings. The summed E-state index contributed by atoms with van der Waals surface area (Å²) in [5.74, 6) is -0.480. The van der Waals surface area contributed by atoms with Gasteiger partial charge in [0, 0.05) is 24.0 Å². The van der Waals surface area contributed by atoms with Crippen molar-refractivity contribution >= 4 is 23.2 Å². The zero-order valence-electron chi connectivity index (χ0n) is 14.6. The molecule has 3 rings (SSSR count). The van der Waals surface area contributed by atoms with Crippen LogP contribution in [0.4, 0.5) is 4.39 Å². The van der Waals surface area contributed by atoms with E-state index in [0.717, 1.165) is 25.9 Å². The summed E-state index contributed by atoms with van der Waals surface area (Å²) in [5, 5.41) is 2.39.